The number of halogens is 1. The molecule has 1 aromatic heterocycles. The summed E-state index contributed by atoms with van der Waals surface area (Å²) in [6, 6.07) is 13.0. The van der Waals surface area contributed by atoms with Gasteiger partial charge in [-0.05, 0) is 25.1 Å². The number of nitrogens with zero attached hydrogens (tertiary/aromatic N) is 2. The molecule has 8 heteroatoms. The lowest BCUT2D eigenvalue weighted by molar-refractivity contribution is -0.384. The summed E-state index contributed by atoms with van der Waals surface area (Å²) < 4.78 is 0. The van der Waals surface area contributed by atoms with E-state index in [0.717, 1.165) is 5.56 Å². The monoisotopic (exact) mass is 373 g/mol. The van der Waals surface area contributed by atoms with Crippen LogP contribution in [0.25, 0.3) is 10.6 Å². The minimum Gasteiger partial charge on any atom is -0.321 e. The number of rotatable bonds is 4. The molecular weight excluding hydrogens is 362 g/mol. The highest BCUT2D eigenvalue weighted by molar-refractivity contribution is 7.17. The van der Waals surface area contributed by atoms with Crippen LogP contribution in [-0.2, 0) is 0 Å². The maximum absolute atomic E-state index is 12.5. The van der Waals surface area contributed by atoms with Gasteiger partial charge in [0.1, 0.15) is 9.88 Å². The number of nitro groups is 1. The molecule has 25 heavy (non-hydrogen) atoms. The Bertz CT molecular complexity index is 954. The fourth-order valence-corrected chi connectivity index (χ4v) is 3.30. The van der Waals surface area contributed by atoms with Crippen LogP contribution < -0.4 is 5.32 Å². The van der Waals surface area contributed by atoms with Gasteiger partial charge in [-0.25, -0.2) is 4.98 Å². The Hall–Kier alpha value is -2.77. The maximum Gasteiger partial charge on any atom is 0.271 e. The summed E-state index contributed by atoms with van der Waals surface area (Å²) in [5.74, 6) is -0.351. The van der Waals surface area contributed by atoms with E-state index in [-0.39, 0.29) is 11.6 Å². The third-order valence-corrected chi connectivity index (χ3v) is 4.87. The molecule has 0 aliphatic rings. The first kappa shape index (κ1) is 17.1. The summed E-state index contributed by atoms with van der Waals surface area (Å²) in [4.78, 5) is 27.7. The summed E-state index contributed by atoms with van der Waals surface area (Å²) in [6.07, 6.45) is 0. The fraction of sp³-hybridized carbons (Fsp3) is 0.0588. The summed E-state index contributed by atoms with van der Waals surface area (Å²) in [5, 5.41) is 14.8. The molecule has 126 valence electrons. The highest BCUT2D eigenvalue weighted by Gasteiger charge is 2.17. The van der Waals surface area contributed by atoms with Gasteiger partial charge in [0.15, 0.2) is 0 Å². The van der Waals surface area contributed by atoms with E-state index in [0.29, 0.717) is 26.3 Å². The minimum absolute atomic E-state index is 0.0827. The molecule has 0 unspecified atom stereocenters. The molecule has 6 nitrogen and oxygen atoms in total. The average Bonchev–Trinajstić information content (AvgIpc) is 2.97. The Morgan fingerprint density at radius 2 is 1.96 bits per heavy atom. The zero-order valence-corrected chi connectivity index (χ0v) is 14.6. The van der Waals surface area contributed by atoms with Crippen LogP contribution in [0.15, 0.2) is 48.5 Å². The number of nitrogens with one attached hydrogen (secondary N) is 1. The van der Waals surface area contributed by atoms with E-state index in [9.17, 15) is 14.9 Å². The lowest BCUT2D eigenvalue weighted by Crippen LogP contribution is -2.11. The van der Waals surface area contributed by atoms with E-state index in [1.807, 2.05) is 12.1 Å². The number of carbonyl (C=O) groups is 1. The third-order valence-electron chi connectivity index (χ3n) is 3.41. The minimum atomic E-state index is -0.508. The second kappa shape index (κ2) is 7.00. The average molecular weight is 374 g/mol. The lowest BCUT2D eigenvalue weighted by atomic mass is 10.2. The van der Waals surface area contributed by atoms with Crippen LogP contribution in [0.2, 0.25) is 5.02 Å². The second-order valence-corrected chi connectivity index (χ2v) is 6.64. The first-order valence-electron chi connectivity index (χ1n) is 7.23. The second-order valence-electron chi connectivity index (χ2n) is 5.20. The van der Waals surface area contributed by atoms with E-state index < -0.39 is 4.92 Å². The number of amides is 1. The zero-order chi connectivity index (χ0) is 18.0. The summed E-state index contributed by atoms with van der Waals surface area (Å²) in [7, 11) is 0. The Morgan fingerprint density at radius 3 is 2.64 bits per heavy atom. The molecule has 0 spiro atoms. The smallest absolute Gasteiger partial charge is 0.271 e. The largest absolute Gasteiger partial charge is 0.321 e. The molecule has 1 heterocycles. The van der Waals surface area contributed by atoms with Gasteiger partial charge in [0.05, 0.1) is 10.6 Å². The molecule has 0 atom stereocenters. The van der Waals surface area contributed by atoms with Crippen molar-refractivity contribution in [2.45, 2.75) is 6.92 Å². The summed E-state index contributed by atoms with van der Waals surface area (Å²) in [6.45, 7) is 1.75. The summed E-state index contributed by atoms with van der Waals surface area (Å²) >= 11 is 7.14. The van der Waals surface area contributed by atoms with Crippen LogP contribution in [0.1, 0.15) is 15.4 Å². The van der Waals surface area contributed by atoms with E-state index in [2.05, 4.69) is 10.3 Å². The summed E-state index contributed by atoms with van der Waals surface area (Å²) in [5.41, 5.74) is 1.74. The number of non-ortho nitro benzene ring substituents is 1. The van der Waals surface area contributed by atoms with Gasteiger partial charge < -0.3 is 5.32 Å². The quantitative estimate of drug-likeness (QED) is 0.518. The molecule has 0 saturated heterocycles. The van der Waals surface area contributed by atoms with Crippen molar-refractivity contribution in [3.05, 3.63) is 74.2 Å². The molecular formula is C17H12ClN3O3S. The number of anilines is 1. The van der Waals surface area contributed by atoms with Gasteiger partial charge in [0.25, 0.3) is 11.6 Å². The molecule has 1 N–H and O–H groups in total. The number of hydrogen-bond acceptors (Lipinski definition) is 5. The first-order valence-corrected chi connectivity index (χ1v) is 8.42. The van der Waals surface area contributed by atoms with Gasteiger partial charge >= 0.3 is 0 Å². The topological polar surface area (TPSA) is 85.1 Å². The highest BCUT2D eigenvalue weighted by atomic mass is 35.5. The molecule has 0 bridgehead atoms. The SMILES string of the molecule is Cc1nc(-c2ccc(Cl)cc2)sc1C(=O)Nc1cccc([N+](=O)[O-])c1. The van der Waals surface area contributed by atoms with Crippen molar-refractivity contribution in [1.82, 2.24) is 4.98 Å². The van der Waals surface area contributed by atoms with Gasteiger partial charge in [-0.2, -0.15) is 0 Å². The predicted octanol–water partition coefficient (Wildman–Crippen LogP) is 4.93. The molecule has 0 aliphatic heterocycles. The van der Waals surface area contributed by atoms with Crippen LogP contribution in [0.3, 0.4) is 0 Å². The number of benzene rings is 2. The predicted molar refractivity (Wildman–Crippen MR) is 98.3 cm³/mol. The molecule has 3 rings (SSSR count). The van der Waals surface area contributed by atoms with Crippen molar-refractivity contribution >= 4 is 40.2 Å². The molecule has 0 fully saturated rings. The molecule has 0 aliphatic carbocycles. The van der Waals surface area contributed by atoms with Crippen LogP contribution in [0.4, 0.5) is 11.4 Å². The molecule has 0 saturated carbocycles. The van der Waals surface area contributed by atoms with Gasteiger partial charge in [0.2, 0.25) is 0 Å². The number of aryl methyl sites for hydroxylation is 1. The van der Waals surface area contributed by atoms with Crippen LogP contribution in [-0.4, -0.2) is 15.8 Å². The molecule has 2 aromatic carbocycles. The van der Waals surface area contributed by atoms with Crippen molar-refractivity contribution in [3.8, 4) is 10.6 Å². The van der Waals surface area contributed by atoms with Gasteiger partial charge in [-0.15, -0.1) is 11.3 Å². The van der Waals surface area contributed by atoms with Gasteiger partial charge in [-0.1, -0.05) is 29.8 Å². The van der Waals surface area contributed by atoms with E-state index >= 15 is 0 Å². The number of nitro benzene ring substituents is 1. The van der Waals surface area contributed by atoms with Crippen molar-refractivity contribution in [1.29, 1.82) is 0 Å². The Labute approximate surface area is 152 Å². The van der Waals surface area contributed by atoms with E-state index in [4.69, 9.17) is 11.6 Å². The maximum atomic E-state index is 12.5. The van der Waals surface area contributed by atoms with Crippen molar-refractivity contribution < 1.29 is 9.72 Å². The van der Waals surface area contributed by atoms with E-state index in [1.54, 1.807) is 25.1 Å². The van der Waals surface area contributed by atoms with Crippen molar-refractivity contribution in [3.63, 3.8) is 0 Å². The number of aromatic nitrogens is 1. The normalized spacial score (nSPS) is 10.5. The van der Waals surface area contributed by atoms with Crippen LogP contribution in [0, 0.1) is 17.0 Å². The van der Waals surface area contributed by atoms with Gasteiger partial charge in [0, 0.05) is 28.4 Å². The van der Waals surface area contributed by atoms with Gasteiger partial charge in [-0.3, -0.25) is 14.9 Å². The third kappa shape index (κ3) is 3.84. The van der Waals surface area contributed by atoms with Crippen molar-refractivity contribution in [2.75, 3.05) is 5.32 Å². The lowest BCUT2D eigenvalue weighted by Gasteiger charge is -2.03. The Kier molecular flexibility index (Phi) is 4.78. The standard InChI is InChI=1S/C17H12ClN3O3S/c1-10-15(25-17(19-10)11-5-7-12(18)8-6-11)16(22)20-13-3-2-4-14(9-13)21(23)24/h2-9H,1H3,(H,20,22). The van der Waals surface area contributed by atoms with Crippen LogP contribution in [0.5, 0.6) is 0 Å². The van der Waals surface area contributed by atoms with E-state index in [1.165, 1.54) is 29.5 Å². The molecule has 0 radical (unpaired) electrons. The fourth-order valence-electron chi connectivity index (χ4n) is 2.21. The Morgan fingerprint density at radius 1 is 1.24 bits per heavy atom. The van der Waals surface area contributed by atoms with Crippen LogP contribution >= 0.6 is 22.9 Å². The Balaban J connectivity index is 1.84. The molecule has 3 aromatic rings. The molecule has 1 amide bonds. The number of carbonyl (C=O) groups excluding carboxylic acids is 1. The zero-order valence-electron chi connectivity index (χ0n) is 13.0. The first-order chi connectivity index (χ1) is 11.9. The number of thiazole rings is 1. The highest BCUT2D eigenvalue weighted by Crippen LogP contribution is 2.29. The number of hydrogen-bond donors (Lipinski definition) is 1. The van der Waals surface area contributed by atoms with Crippen molar-refractivity contribution in [2.24, 2.45) is 0 Å².